The van der Waals surface area contributed by atoms with Crippen molar-refractivity contribution in [2.75, 3.05) is 0 Å². The Morgan fingerprint density at radius 3 is 1.76 bits per heavy atom. The fourth-order valence-electron chi connectivity index (χ4n) is 4.50. The van der Waals surface area contributed by atoms with Crippen molar-refractivity contribution in [2.24, 2.45) is 5.92 Å². The molecule has 0 spiro atoms. The van der Waals surface area contributed by atoms with E-state index in [1.165, 1.54) is 39.3 Å². The van der Waals surface area contributed by atoms with Crippen molar-refractivity contribution < 1.29 is 9.59 Å². The van der Waals surface area contributed by atoms with E-state index in [9.17, 15) is 9.59 Å². The maximum atomic E-state index is 12.4. The summed E-state index contributed by atoms with van der Waals surface area (Å²) in [5.74, 6) is 1.31. The average molecular weight is 339 g/mol. The van der Waals surface area contributed by atoms with Crippen LogP contribution in [-0.4, -0.2) is 16.7 Å². The van der Waals surface area contributed by atoms with Gasteiger partial charge in [0.1, 0.15) is 0 Å². The van der Waals surface area contributed by atoms with E-state index in [1.807, 2.05) is 0 Å². The minimum atomic E-state index is -0.171. The fraction of sp³-hybridized carbons (Fsp3) is 0.545. The number of rotatable bonds is 4. The minimum absolute atomic E-state index is 0.131. The highest BCUT2D eigenvalue weighted by Gasteiger charge is 2.43. The molecular formula is C22H29NO2. The molecule has 1 aromatic rings. The number of nitrogens with zero attached hydrogens (tertiary/aromatic N) is 1. The topological polar surface area (TPSA) is 37.4 Å². The Hall–Kier alpha value is -1.90. The Labute approximate surface area is 151 Å². The van der Waals surface area contributed by atoms with Gasteiger partial charge in [-0.3, -0.25) is 14.5 Å². The summed E-state index contributed by atoms with van der Waals surface area (Å²) in [4.78, 5) is 26.2. The van der Waals surface area contributed by atoms with Crippen LogP contribution in [0.2, 0.25) is 0 Å². The predicted octanol–water partition coefficient (Wildman–Crippen LogP) is 5.04. The minimum Gasteiger partial charge on any atom is -0.269 e. The molecule has 1 aromatic carbocycles. The van der Waals surface area contributed by atoms with Gasteiger partial charge in [0.2, 0.25) is 0 Å². The molecule has 3 heteroatoms. The number of fused-ring (bicyclic) bond motifs is 1. The Morgan fingerprint density at radius 1 is 0.840 bits per heavy atom. The van der Waals surface area contributed by atoms with Crippen molar-refractivity contribution >= 4 is 11.8 Å². The van der Waals surface area contributed by atoms with Gasteiger partial charge in [-0.2, -0.15) is 0 Å². The van der Waals surface area contributed by atoms with Crippen LogP contribution in [0.15, 0.2) is 24.3 Å². The number of imide groups is 1. The van der Waals surface area contributed by atoms with Gasteiger partial charge in [-0.25, -0.2) is 0 Å². The fourth-order valence-corrected chi connectivity index (χ4v) is 4.50. The molecule has 1 heterocycles. The van der Waals surface area contributed by atoms with Crippen molar-refractivity contribution in [3.05, 3.63) is 46.5 Å². The molecule has 3 nitrogen and oxygen atoms in total. The average Bonchev–Trinajstić information content (AvgIpc) is 3.06. The van der Waals surface area contributed by atoms with Crippen molar-refractivity contribution in [1.29, 1.82) is 0 Å². The lowest BCUT2D eigenvalue weighted by Gasteiger charge is -2.27. The summed E-state index contributed by atoms with van der Waals surface area (Å²) in [6, 6.07) is 4.35. The van der Waals surface area contributed by atoms with Crippen LogP contribution >= 0.6 is 0 Å². The number of hydrogen-bond donors (Lipinski definition) is 0. The standard InChI is InChI=1S/C22H29NO2/c1-12(2)15-7-8-16(13(3)4)22-18(11-17(14(5)6)21(15)22)23-19(24)9-10-20(23)25/h7-10,12-14,17-18H,11H2,1-6H3/t17-,18-/m0/s1. The van der Waals surface area contributed by atoms with Crippen LogP contribution in [0.3, 0.4) is 0 Å². The lowest BCUT2D eigenvalue weighted by Crippen LogP contribution is -2.33. The van der Waals surface area contributed by atoms with Crippen molar-refractivity contribution in [3.63, 3.8) is 0 Å². The van der Waals surface area contributed by atoms with E-state index in [4.69, 9.17) is 0 Å². The zero-order valence-corrected chi connectivity index (χ0v) is 16.2. The molecule has 3 rings (SSSR count). The molecule has 1 aliphatic carbocycles. The molecule has 1 aliphatic heterocycles. The quantitative estimate of drug-likeness (QED) is 0.720. The maximum Gasteiger partial charge on any atom is 0.254 e. The van der Waals surface area contributed by atoms with E-state index in [1.54, 1.807) is 0 Å². The van der Waals surface area contributed by atoms with E-state index in [-0.39, 0.29) is 17.9 Å². The maximum absolute atomic E-state index is 12.4. The van der Waals surface area contributed by atoms with Gasteiger partial charge >= 0.3 is 0 Å². The summed E-state index contributed by atoms with van der Waals surface area (Å²) in [5.41, 5.74) is 5.28. The summed E-state index contributed by atoms with van der Waals surface area (Å²) in [7, 11) is 0. The summed E-state index contributed by atoms with van der Waals surface area (Å²) >= 11 is 0. The first kappa shape index (κ1) is 17.9. The zero-order chi connectivity index (χ0) is 18.5. The van der Waals surface area contributed by atoms with Crippen LogP contribution in [0.4, 0.5) is 0 Å². The Morgan fingerprint density at radius 2 is 1.32 bits per heavy atom. The molecule has 2 amide bonds. The van der Waals surface area contributed by atoms with Crippen molar-refractivity contribution in [2.45, 2.75) is 71.8 Å². The third kappa shape index (κ3) is 2.84. The van der Waals surface area contributed by atoms with Gasteiger partial charge in [-0.15, -0.1) is 0 Å². The summed E-state index contributed by atoms with van der Waals surface area (Å²) in [6.07, 6.45) is 3.66. The molecule has 0 saturated heterocycles. The first-order valence-corrected chi connectivity index (χ1v) is 9.45. The molecule has 0 radical (unpaired) electrons. The first-order valence-electron chi connectivity index (χ1n) is 9.45. The van der Waals surface area contributed by atoms with Crippen LogP contribution in [0, 0.1) is 5.92 Å². The molecular weight excluding hydrogens is 310 g/mol. The Kier molecular flexibility index (Phi) is 4.61. The molecule has 0 saturated carbocycles. The van der Waals surface area contributed by atoms with Gasteiger partial charge in [0.15, 0.2) is 0 Å². The van der Waals surface area contributed by atoms with Gasteiger partial charge in [0.05, 0.1) is 6.04 Å². The Balaban J connectivity index is 2.24. The monoisotopic (exact) mass is 339 g/mol. The highest BCUT2D eigenvalue weighted by molar-refractivity contribution is 6.13. The molecule has 0 bridgehead atoms. The molecule has 134 valence electrons. The van der Waals surface area contributed by atoms with Crippen molar-refractivity contribution in [1.82, 2.24) is 4.90 Å². The SMILES string of the molecule is CC(C)c1ccc(C(C)C)c2c1[C@H](C(C)C)C[C@@H]2N1C(=O)C=CC1=O. The molecule has 2 aliphatic rings. The number of benzene rings is 1. The largest absolute Gasteiger partial charge is 0.269 e. The predicted molar refractivity (Wildman–Crippen MR) is 101 cm³/mol. The molecule has 0 unspecified atom stereocenters. The van der Waals surface area contributed by atoms with E-state index in [2.05, 4.69) is 53.7 Å². The normalized spacial score (nSPS) is 22.8. The lowest BCUT2D eigenvalue weighted by atomic mass is 9.81. The number of carbonyl (C=O) groups is 2. The summed E-state index contributed by atoms with van der Waals surface area (Å²) in [6.45, 7) is 13.3. The molecule has 25 heavy (non-hydrogen) atoms. The highest BCUT2D eigenvalue weighted by atomic mass is 16.2. The number of hydrogen-bond acceptors (Lipinski definition) is 2. The lowest BCUT2D eigenvalue weighted by molar-refractivity contribution is -0.139. The van der Waals surface area contributed by atoms with Gasteiger partial charge in [-0.05, 0) is 52.3 Å². The van der Waals surface area contributed by atoms with E-state index < -0.39 is 0 Å². The molecule has 0 N–H and O–H groups in total. The second kappa shape index (κ2) is 6.44. The van der Waals surface area contributed by atoms with Crippen LogP contribution in [-0.2, 0) is 9.59 Å². The smallest absolute Gasteiger partial charge is 0.254 e. The van der Waals surface area contributed by atoms with Crippen LogP contribution in [0.5, 0.6) is 0 Å². The van der Waals surface area contributed by atoms with Crippen LogP contribution in [0.25, 0.3) is 0 Å². The van der Waals surface area contributed by atoms with E-state index in [0.29, 0.717) is 23.7 Å². The molecule has 2 atom stereocenters. The van der Waals surface area contributed by atoms with Gasteiger partial charge in [0.25, 0.3) is 11.8 Å². The third-order valence-corrected chi connectivity index (χ3v) is 5.74. The second-order valence-electron chi connectivity index (χ2n) is 8.36. The zero-order valence-electron chi connectivity index (χ0n) is 16.2. The van der Waals surface area contributed by atoms with Gasteiger partial charge < -0.3 is 0 Å². The number of carbonyl (C=O) groups excluding carboxylic acids is 2. The summed E-state index contributed by atoms with van der Waals surface area (Å²) in [5, 5.41) is 0. The Bertz CT molecular complexity index is 725. The van der Waals surface area contributed by atoms with Crippen LogP contribution in [0.1, 0.15) is 94.0 Å². The third-order valence-electron chi connectivity index (χ3n) is 5.74. The number of amides is 2. The second-order valence-corrected chi connectivity index (χ2v) is 8.36. The summed E-state index contributed by atoms with van der Waals surface area (Å²) < 4.78 is 0. The molecule has 0 aromatic heterocycles. The van der Waals surface area contributed by atoms with Gasteiger partial charge in [0, 0.05) is 12.2 Å². The first-order chi connectivity index (χ1) is 11.7. The van der Waals surface area contributed by atoms with Gasteiger partial charge in [-0.1, -0.05) is 53.7 Å². The van der Waals surface area contributed by atoms with Crippen LogP contribution < -0.4 is 0 Å². The molecule has 0 fully saturated rings. The van der Waals surface area contributed by atoms with E-state index >= 15 is 0 Å². The highest BCUT2D eigenvalue weighted by Crippen LogP contribution is 2.52. The van der Waals surface area contributed by atoms with E-state index in [0.717, 1.165) is 6.42 Å². The van der Waals surface area contributed by atoms with Crippen molar-refractivity contribution in [3.8, 4) is 0 Å².